The molecule has 0 radical (unpaired) electrons. The highest BCUT2D eigenvalue weighted by Gasteiger charge is 2.31. The summed E-state index contributed by atoms with van der Waals surface area (Å²) in [6.07, 6.45) is 8.35. The first-order valence-corrected chi connectivity index (χ1v) is 7.23. The summed E-state index contributed by atoms with van der Waals surface area (Å²) in [4.78, 5) is 2.61. The van der Waals surface area contributed by atoms with E-state index in [1.165, 1.54) is 58.2 Å². The molecule has 0 spiro atoms. The quantitative estimate of drug-likeness (QED) is 0.681. The van der Waals surface area contributed by atoms with E-state index in [0.29, 0.717) is 5.41 Å². The maximum Gasteiger partial charge on any atom is 0.00457 e. The van der Waals surface area contributed by atoms with Gasteiger partial charge in [0.05, 0.1) is 0 Å². The molecule has 0 aliphatic heterocycles. The van der Waals surface area contributed by atoms with Crippen molar-refractivity contribution in [3.8, 4) is 0 Å². The second-order valence-corrected chi connectivity index (χ2v) is 5.40. The Balaban J connectivity index is 2.49. The van der Waals surface area contributed by atoms with Crippen molar-refractivity contribution in [3.05, 3.63) is 0 Å². The predicted octanol–water partition coefficient (Wildman–Crippen LogP) is 3.60. The van der Waals surface area contributed by atoms with E-state index in [2.05, 4.69) is 31.4 Å². The first-order valence-electron chi connectivity index (χ1n) is 6.59. The molecule has 90 valence electrons. The van der Waals surface area contributed by atoms with Crippen LogP contribution < -0.4 is 0 Å². The van der Waals surface area contributed by atoms with Crippen LogP contribution in [0, 0.1) is 5.41 Å². The number of thiol groups is 1. The topological polar surface area (TPSA) is 3.24 Å². The SMILES string of the molecule is CCCN(CC)CC1(CS)CCCCC1. The van der Waals surface area contributed by atoms with Gasteiger partial charge in [-0.25, -0.2) is 0 Å². The van der Waals surface area contributed by atoms with Gasteiger partial charge in [-0.1, -0.05) is 33.1 Å². The summed E-state index contributed by atoms with van der Waals surface area (Å²) in [5.41, 5.74) is 0.534. The Morgan fingerprint density at radius 1 is 1.13 bits per heavy atom. The number of hydrogen-bond donors (Lipinski definition) is 1. The predicted molar refractivity (Wildman–Crippen MR) is 71.8 cm³/mol. The molecule has 0 unspecified atom stereocenters. The molecule has 1 nitrogen and oxygen atoms in total. The van der Waals surface area contributed by atoms with Crippen LogP contribution in [-0.4, -0.2) is 30.3 Å². The third-order valence-electron chi connectivity index (χ3n) is 3.80. The minimum absolute atomic E-state index is 0.534. The Kier molecular flexibility index (Phi) is 6.06. The van der Waals surface area contributed by atoms with Crippen molar-refractivity contribution in [3.63, 3.8) is 0 Å². The minimum atomic E-state index is 0.534. The number of rotatable bonds is 6. The first kappa shape index (κ1) is 13.4. The summed E-state index contributed by atoms with van der Waals surface area (Å²) in [7, 11) is 0. The summed E-state index contributed by atoms with van der Waals surface area (Å²) in [6, 6.07) is 0. The molecule has 1 aliphatic rings. The molecule has 0 saturated heterocycles. The molecule has 0 atom stereocenters. The van der Waals surface area contributed by atoms with Gasteiger partial charge < -0.3 is 4.90 Å². The lowest BCUT2D eigenvalue weighted by Crippen LogP contribution is -2.40. The fraction of sp³-hybridized carbons (Fsp3) is 1.00. The van der Waals surface area contributed by atoms with Gasteiger partial charge in [0, 0.05) is 6.54 Å². The maximum absolute atomic E-state index is 4.60. The fourth-order valence-corrected chi connectivity index (χ4v) is 3.22. The lowest BCUT2D eigenvalue weighted by molar-refractivity contribution is 0.130. The molecule has 0 N–H and O–H groups in total. The Hall–Kier alpha value is 0.310. The molecule has 1 saturated carbocycles. The van der Waals surface area contributed by atoms with E-state index < -0.39 is 0 Å². The highest BCUT2D eigenvalue weighted by molar-refractivity contribution is 7.80. The molecular weight excluding hydrogens is 202 g/mol. The normalized spacial score (nSPS) is 20.8. The molecule has 1 aliphatic carbocycles. The second-order valence-electron chi connectivity index (χ2n) is 5.09. The van der Waals surface area contributed by atoms with Gasteiger partial charge in [-0.3, -0.25) is 0 Å². The van der Waals surface area contributed by atoms with Gasteiger partial charge >= 0.3 is 0 Å². The highest BCUT2D eigenvalue weighted by atomic mass is 32.1. The van der Waals surface area contributed by atoms with Crippen LogP contribution in [-0.2, 0) is 0 Å². The average molecular weight is 229 g/mol. The van der Waals surface area contributed by atoms with Crippen molar-refractivity contribution < 1.29 is 0 Å². The molecule has 2 heteroatoms. The van der Waals surface area contributed by atoms with E-state index in [-0.39, 0.29) is 0 Å². The largest absolute Gasteiger partial charge is 0.303 e. The van der Waals surface area contributed by atoms with E-state index >= 15 is 0 Å². The number of hydrogen-bond acceptors (Lipinski definition) is 2. The molecule has 0 amide bonds. The van der Waals surface area contributed by atoms with E-state index in [1.807, 2.05) is 0 Å². The molecular formula is C13H27NS. The molecule has 0 bridgehead atoms. The third kappa shape index (κ3) is 3.99. The van der Waals surface area contributed by atoms with Crippen molar-refractivity contribution in [2.24, 2.45) is 5.41 Å². The van der Waals surface area contributed by atoms with Gasteiger partial charge in [-0.05, 0) is 43.5 Å². The number of nitrogens with zero attached hydrogens (tertiary/aromatic N) is 1. The van der Waals surface area contributed by atoms with E-state index in [0.717, 1.165) is 5.75 Å². The lowest BCUT2D eigenvalue weighted by Gasteiger charge is -2.40. The molecule has 1 fully saturated rings. The van der Waals surface area contributed by atoms with Crippen LogP contribution in [0.1, 0.15) is 52.4 Å². The van der Waals surface area contributed by atoms with E-state index in [9.17, 15) is 0 Å². The van der Waals surface area contributed by atoms with E-state index in [1.54, 1.807) is 0 Å². The zero-order valence-electron chi connectivity index (χ0n) is 10.5. The van der Waals surface area contributed by atoms with Crippen LogP contribution in [0.4, 0.5) is 0 Å². The third-order valence-corrected chi connectivity index (χ3v) is 4.47. The minimum Gasteiger partial charge on any atom is -0.303 e. The summed E-state index contributed by atoms with van der Waals surface area (Å²) < 4.78 is 0. The summed E-state index contributed by atoms with van der Waals surface area (Å²) in [6.45, 7) is 8.29. The van der Waals surface area contributed by atoms with Crippen molar-refractivity contribution in [1.82, 2.24) is 4.90 Å². The van der Waals surface area contributed by atoms with E-state index in [4.69, 9.17) is 0 Å². The Morgan fingerprint density at radius 3 is 2.27 bits per heavy atom. The summed E-state index contributed by atoms with van der Waals surface area (Å²) >= 11 is 4.60. The molecule has 15 heavy (non-hydrogen) atoms. The van der Waals surface area contributed by atoms with Crippen LogP contribution in [0.5, 0.6) is 0 Å². The van der Waals surface area contributed by atoms with Crippen LogP contribution in [0.3, 0.4) is 0 Å². The van der Waals surface area contributed by atoms with Crippen LogP contribution in [0.25, 0.3) is 0 Å². The molecule has 0 aromatic rings. The van der Waals surface area contributed by atoms with Crippen LogP contribution >= 0.6 is 12.6 Å². The van der Waals surface area contributed by atoms with Gasteiger partial charge in [0.15, 0.2) is 0 Å². The molecule has 0 aromatic heterocycles. The molecule has 1 rings (SSSR count). The zero-order valence-corrected chi connectivity index (χ0v) is 11.4. The van der Waals surface area contributed by atoms with Crippen molar-refractivity contribution in [2.45, 2.75) is 52.4 Å². The van der Waals surface area contributed by atoms with Crippen molar-refractivity contribution in [1.29, 1.82) is 0 Å². The van der Waals surface area contributed by atoms with Gasteiger partial charge in [-0.2, -0.15) is 12.6 Å². The zero-order chi connectivity index (χ0) is 11.1. The first-order chi connectivity index (χ1) is 7.26. The van der Waals surface area contributed by atoms with Crippen molar-refractivity contribution >= 4 is 12.6 Å². The maximum atomic E-state index is 4.60. The second kappa shape index (κ2) is 6.80. The fourth-order valence-electron chi connectivity index (χ4n) is 2.81. The summed E-state index contributed by atoms with van der Waals surface area (Å²) in [5, 5.41) is 0. The average Bonchev–Trinajstić information content (AvgIpc) is 2.30. The van der Waals surface area contributed by atoms with Gasteiger partial charge in [0.25, 0.3) is 0 Å². The molecule has 0 heterocycles. The lowest BCUT2D eigenvalue weighted by atomic mass is 9.75. The summed E-state index contributed by atoms with van der Waals surface area (Å²) in [5.74, 6) is 1.08. The Labute approximate surface area is 101 Å². The standard InChI is InChI=1S/C13H27NS/c1-3-10-14(4-2)11-13(12-15)8-6-5-7-9-13/h15H,3-12H2,1-2H3. The smallest absolute Gasteiger partial charge is 0.00457 e. The highest BCUT2D eigenvalue weighted by Crippen LogP contribution is 2.37. The van der Waals surface area contributed by atoms with Gasteiger partial charge in [0.1, 0.15) is 0 Å². The Morgan fingerprint density at radius 2 is 1.80 bits per heavy atom. The van der Waals surface area contributed by atoms with Crippen molar-refractivity contribution in [2.75, 3.05) is 25.4 Å². The molecule has 0 aromatic carbocycles. The van der Waals surface area contributed by atoms with Gasteiger partial charge in [0.2, 0.25) is 0 Å². The Bertz CT molecular complexity index is 164. The van der Waals surface area contributed by atoms with Crippen LogP contribution in [0.15, 0.2) is 0 Å². The monoisotopic (exact) mass is 229 g/mol. The van der Waals surface area contributed by atoms with Crippen LogP contribution in [0.2, 0.25) is 0 Å². The van der Waals surface area contributed by atoms with Gasteiger partial charge in [-0.15, -0.1) is 0 Å².